The second-order valence-electron chi connectivity index (χ2n) is 7.14. The molecule has 0 saturated heterocycles. The van der Waals surface area contributed by atoms with Gasteiger partial charge in [0, 0.05) is 15.7 Å². The summed E-state index contributed by atoms with van der Waals surface area (Å²) in [5.41, 5.74) is 2.08. The number of hydrogen-bond acceptors (Lipinski definition) is 4. The van der Waals surface area contributed by atoms with E-state index >= 15 is 0 Å². The van der Waals surface area contributed by atoms with E-state index in [1.54, 1.807) is 24.4 Å². The minimum Gasteiger partial charge on any atom is -0.450 e. The molecular weight excluding hydrogens is 468 g/mol. The lowest BCUT2D eigenvalue weighted by Gasteiger charge is -2.24. The zero-order chi connectivity index (χ0) is 21.0. The maximum absolute atomic E-state index is 13.5. The third-order valence-electron chi connectivity index (χ3n) is 5.17. The standard InChI is InChI=1S/C23H14BrClN2O3/c1-12-8-9-26-18(10-12)27-20(13-2-4-14(24)5-3-13)19-21(28)16-11-15(25)6-7-17(16)30-22(19)23(27)29/h2-11,20H,1H3. The molecule has 30 heavy (non-hydrogen) atoms. The molecule has 148 valence electrons. The van der Waals surface area contributed by atoms with Crippen LogP contribution in [0.5, 0.6) is 0 Å². The lowest BCUT2D eigenvalue weighted by Crippen LogP contribution is -2.30. The van der Waals surface area contributed by atoms with Gasteiger partial charge in [-0.2, -0.15) is 0 Å². The van der Waals surface area contributed by atoms with Gasteiger partial charge in [0.05, 0.1) is 17.0 Å². The molecule has 1 amide bonds. The number of hydrogen-bond donors (Lipinski definition) is 0. The SMILES string of the molecule is Cc1ccnc(N2C(=O)c3oc4ccc(Cl)cc4c(=O)c3C2c2ccc(Br)cc2)c1. The van der Waals surface area contributed by atoms with E-state index in [-0.39, 0.29) is 11.2 Å². The van der Waals surface area contributed by atoms with Gasteiger partial charge in [-0.05, 0) is 60.5 Å². The number of aromatic nitrogens is 1. The van der Waals surface area contributed by atoms with Crippen molar-refractivity contribution in [3.8, 4) is 0 Å². The molecule has 0 fully saturated rings. The number of pyridine rings is 1. The van der Waals surface area contributed by atoms with Crippen molar-refractivity contribution in [1.29, 1.82) is 0 Å². The maximum atomic E-state index is 13.5. The van der Waals surface area contributed by atoms with Crippen molar-refractivity contribution in [2.75, 3.05) is 4.90 Å². The number of amides is 1. The number of nitrogens with zero attached hydrogens (tertiary/aromatic N) is 2. The lowest BCUT2D eigenvalue weighted by atomic mass is 9.98. The van der Waals surface area contributed by atoms with Crippen LogP contribution in [0, 0.1) is 6.92 Å². The number of anilines is 1. The molecule has 3 heterocycles. The average molecular weight is 482 g/mol. The van der Waals surface area contributed by atoms with Crippen LogP contribution in [0.1, 0.15) is 33.3 Å². The highest BCUT2D eigenvalue weighted by Crippen LogP contribution is 2.41. The highest BCUT2D eigenvalue weighted by molar-refractivity contribution is 9.10. The molecule has 4 aromatic rings. The van der Waals surface area contributed by atoms with Crippen LogP contribution in [0.2, 0.25) is 5.02 Å². The van der Waals surface area contributed by atoms with Gasteiger partial charge < -0.3 is 4.42 Å². The molecule has 0 bridgehead atoms. The van der Waals surface area contributed by atoms with E-state index in [4.69, 9.17) is 16.0 Å². The summed E-state index contributed by atoms with van der Waals surface area (Å²) in [6.45, 7) is 1.92. The molecule has 2 aromatic heterocycles. The van der Waals surface area contributed by atoms with E-state index in [2.05, 4.69) is 20.9 Å². The number of halogens is 2. The van der Waals surface area contributed by atoms with Gasteiger partial charge >= 0.3 is 0 Å². The molecule has 1 atom stereocenters. The van der Waals surface area contributed by atoms with E-state index in [1.807, 2.05) is 43.3 Å². The molecule has 1 aliphatic heterocycles. The molecule has 5 rings (SSSR count). The van der Waals surface area contributed by atoms with Crippen LogP contribution in [-0.2, 0) is 0 Å². The van der Waals surface area contributed by atoms with Crippen LogP contribution in [0.3, 0.4) is 0 Å². The lowest BCUT2D eigenvalue weighted by molar-refractivity contribution is 0.0970. The molecule has 0 radical (unpaired) electrons. The number of fused-ring (bicyclic) bond motifs is 2. The normalized spacial score (nSPS) is 15.6. The Balaban J connectivity index is 1.83. The van der Waals surface area contributed by atoms with E-state index in [1.165, 1.54) is 4.90 Å². The fourth-order valence-electron chi connectivity index (χ4n) is 3.79. The van der Waals surface area contributed by atoms with Gasteiger partial charge in [-0.3, -0.25) is 14.5 Å². The zero-order valence-electron chi connectivity index (χ0n) is 15.7. The summed E-state index contributed by atoms with van der Waals surface area (Å²) in [5.74, 6) is 0.0943. The minimum atomic E-state index is -0.658. The Morgan fingerprint density at radius 3 is 2.57 bits per heavy atom. The van der Waals surface area contributed by atoms with Gasteiger partial charge in [0.1, 0.15) is 11.4 Å². The molecule has 2 aromatic carbocycles. The highest BCUT2D eigenvalue weighted by Gasteiger charge is 2.44. The average Bonchev–Trinajstić information content (AvgIpc) is 3.02. The summed E-state index contributed by atoms with van der Waals surface area (Å²) >= 11 is 9.54. The number of carbonyl (C=O) groups excluding carboxylic acids is 1. The van der Waals surface area contributed by atoms with Crippen LogP contribution in [0.25, 0.3) is 11.0 Å². The predicted molar refractivity (Wildman–Crippen MR) is 119 cm³/mol. The molecule has 1 unspecified atom stereocenters. The first-order valence-corrected chi connectivity index (χ1v) is 10.4. The van der Waals surface area contributed by atoms with E-state index in [9.17, 15) is 9.59 Å². The van der Waals surface area contributed by atoms with Gasteiger partial charge in [-0.15, -0.1) is 0 Å². The van der Waals surface area contributed by atoms with E-state index in [0.29, 0.717) is 27.4 Å². The Kier molecular flexibility index (Phi) is 4.49. The van der Waals surface area contributed by atoms with Crippen molar-refractivity contribution in [3.63, 3.8) is 0 Å². The number of benzene rings is 2. The fourth-order valence-corrected chi connectivity index (χ4v) is 4.23. The first kappa shape index (κ1) is 19.0. The van der Waals surface area contributed by atoms with Gasteiger partial charge in [0.2, 0.25) is 5.76 Å². The van der Waals surface area contributed by atoms with Crippen LogP contribution in [-0.4, -0.2) is 10.9 Å². The first-order chi connectivity index (χ1) is 14.4. The van der Waals surface area contributed by atoms with Crippen molar-refractivity contribution in [2.45, 2.75) is 13.0 Å². The second-order valence-corrected chi connectivity index (χ2v) is 8.49. The first-order valence-electron chi connectivity index (χ1n) is 9.22. The Bertz CT molecular complexity index is 1380. The highest BCUT2D eigenvalue weighted by atomic mass is 79.9. The van der Waals surface area contributed by atoms with Gasteiger partial charge in [0.15, 0.2) is 5.43 Å². The summed E-state index contributed by atoms with van der Waals surface area (Å²) in [5, 5.41) is 0.770. The van der Waals surface area contributed by atoms with Crippen LogP contribution in [0.15, 0.2) is 74.5 Å². The number of rotatable bonds is 2. The Morgan fingerprint density at radius 1 is 1.07 bits per heavy atom. The summed E-state index contributed by atoms with van der Waals surface area (Å²) in [4.78, 5) is 32.8. The molecule has 0 N–H and O–H groups in total. The third kappa shape index (κ3) is 2.95. The molecule has 1 aliphatic rings. The Labute approximate surface area is 185 Å². The summed E-state index contributed by atoms with van der Waals surface area (Å²) in [6.07, 6.45) is 1.64. The quantitative estimate of drug-likeness (QED) is 0.370. The molecule has 0 saturated carbocycles. The Hall–Kier alpha value is -2.96. The molecular formula is C23H14BrClN2O3. The molecule has 7 heteroatoms. The molecule has 0 aliphatic carbocycles. The number of carbonyl (C=O) groups is 1. The van der Waals surface area contributed by atoms with Crippen LogP contribution < -0.4 is 10.3 Å². The monoisotopic (exact) mass is 480 g/mol. The van der Waals surface area contributed by atoms with Crippen molar-refractivity contribution >= 4 is 50.2 Å². The van der Waals surface area contributed by atoms with E-state index in [0.717, 1.165) is 15.6 Å². The Morgan fingerprint density at radius 2 is 1.83 bits per heavy atom. The second kappa shape index (κ2) is 7.07. The van der Waals surface area contributed by atoms with E-state index < -0.39 is 11.9 Å². The van der Waals surface area contributed by atoms with Gasteiger partial charge in [-0.1, -0.05) is 39.7 Å². The topological polar surface area (TPSA) is 63.4 Å². The summed E-state index contributed by atoms with van der Waals surface area (Å²) in [6, 6.07) is 15.3. The number of aryl methyl sites for hydroxylation is 1. The predicted octanol–water partition coefficient (Wildman–Crippen LogP) is 5.66. The van der Waals surface area contributed by atoms with Crippen LogP contribution >= 0.6 is 27.5 Å². The van der Waals surface area contributed by atoms with Crippen LogP contribution in [0.4, 0.5) is 5.82 Å². The molecule has 0 spiro atoms. The summed E-state index contributed by atoms with van der Waals surface area (Å²) < 4.78 is 6.82. The zero-order valence-corrected chi connectivity index (χ0v) is 18.1. The van der Waals surface area contributed by atoms with Crippen molar-refractivity contribution < 1.29 is 9.21 Å². The third-order valence-corrected chi connectivity index (χ3v) is 5.93. The van der Waals surface area contributed by atoms with Crippen molar-refractivity contribution in [2.24, 2.45) is 0 Å². The maximum Gasteiger partial charge on any atom is 0.296 e. The smallest absolute Gasteiger partial charge is 0.296 e. The molecule has 5 nitrogen and oxygen atoms in total. The largest absolute Gasteiger partial charge is 0.450 e. The van der Waals surface area contributed by atoms with Gasteiger partial charge in [-0.25, -0.2) is 4.98 Å². The fraction of sp³-hybridized carbons (Fsp3) is 0.0870. The van der Waals surface area contributed by atoms with Gasteiger partial charge in [0.25, 0.3) is 5.91 Å². The van der Waals surface area contributed by atoms with Crippen molar-refractivity contribution in [3.05, 3.63) is 103 Å². The van der Waals surface area contributed by atoms with Crippen molar-refractivity contribution in [1.82, 2.24) is 4.98 Å². The summed E-state index contributed by atoms with van der Waals surface area (Å²) in [7, 11) is 0. The minimum absolute atomic E-state index is 0.0334.